The number of nitrogens with zero attached hydrogens (tertiary/aromatic N) is 3. The van der Waals surface area contributed by atoms with E-state index in [-0.39, 0.29) is 5.69 Å². The van der Waals surface area contributed by atoms with Gasteiger partial charge < -0.3 is 4.42 Å². The minimum absolute atomic E-state index is 0.00810. The Balaban J connectivity index is 1.60. The Hall–Kier alpha value is -2.76. The lowest BCUT2D eigenvalue weighted by molar-refractivity contribution is -0.384. The van der Waals surface area contributed by atoms with Gasteiger partial charge in [-0.2, -0.15) is 5.26 Å². The maximum atomic E-state index is 10.9. The number of nitriles is 1. The molecule has 0 amide bonds. The molecular formula is C19H12BrN3O3S. The average Bonchev–Trinajstić information content (AvgIpc) is 3.35. The molecule has 0 radical (unpaired) electrons. The zero-order valence-corrected chi connectivity index (χ0v) is 16.3. The van der Waals surface area contributed by atoms with Crippen LogP contribution in [-0.2, 0) is 12.8 Å². The number of hydrogen-bond donors (Lipinski definition) is 0. The van der Waals surface area contributed by atoms with Gasteiger partial charge in [-0.25, -0.2) is 4.99 Å². The number of thiophene rings is 1. The highest BCUT2D eigenvalue weighted by Gasteiger charge is 2.21. The molecule has 0 aliphatic heterocycles. The summed E-state index contributed by atoms with van der Waals surface area (Å²) in [6, 6.07) is 10.3. The molecular weight excluding hydrogens is 430 g/mol. The van der Waals surface area contributed by atoms with Gasteiger partial charge in [0.15, 0.2) is 0 Å². The number of hydrogen-bond acceptors (Lipinski definition) is 6. The fourth-order valence-electron chi connectivity index (χ4n) is 3.10. The highest BCUT2D eigenvalue weighted by molar-refractivity contribution is 9.10. The Bertz CT molecular complexity index is 1120. The summed E-state index contributed by atoms with van der Waals surface area (Å²) in [5.41, 5.74) is 2.54. The summed E-state index contributed by atoms with van der Waals surface area (Å²) < 4.78 is 6.38. The van der Waals surface area contributed by atoms with E-state index in [9.17, 15) is 15.4 Å². The van der Waals surface area contributed by atoms with Crippen molar-refractivity contribution in [3.05, 3.63) is 66.7 Å². The molecule has 0 saturated heterocycles. The number of fused-ring (bicyclic) bond motifs is 1. The predicted octanol–water partition coefficient (Wildman–Crippen LogP) is 5.79. The van der Waals surface area contributed by atoms with Gasteiger partial charge >= 0.3 is 0 Å². The first-order valence-corrected chi connectivity index (χ1v) is 9.80. The molecule has 1 aromatic carbocycles. The van der Waals surface area contributed by atoms with Gasteiger partial charge in [0.25, 0.3) is 5.69 Å². The lowest BCUT2D eigenvalue weighted by Crippen LogP contribution is -1.88. The monoisotopic (exact) mass is 441 g/mol. The third-order valence-electron chi connectivity index (χ3n) is 4.38. The normalized spacial score (nSPS) is 13.0. The lowest BCUT2D eigenvalue weighted by Gasteiger charge is -2.00. The third-order valence-corrected chi connectivity index (χ3v) is 6.24. The fraction of sp³-hybridized carbons (Fsp3) is 0.158. The molecule has 0 N–H and O–H groups in total. The summed E-state index contributed by atoms with van der Waals surface area (Å²) in [5, 5.41) is 21.0. The van der Waals surface area contributed by atoms with Crippen LogP contribution in [0.4, 0.5) is 10.7 Å². The molecule has 2 aromatic heterocycles. The maximum Gasteiger partial charge on any atom is 0.270 e. The number of aliphatic imine (C=N–C) groups is 1. The molecule has 2 heterocycles. The molecule has 0 spiro atoms. The van der Waals surface area contributed by atoms with Crippen molar-refractivity contribution in [2.45, 2.75) is 19.3 Å². The van der Waals surface area contributed by atoms with Crippen LogP contribution in [0.3, 0.4) is 0 Å². The van der Waals surface area contributed by atoms with Crippen LogP contribution in [0.5, 0.6) is 0 Å². The van der Waals surface area contributed by atoms with Crippen LogP contribution in [0.1, 0.15) is 28.2 Å². The van der Waals surface area contributed by atoms with E-state index in [1.165, 1.54) is 17.0 Å². The Labute approximate surface area is 167 Å². The molecule has 8 heteroatoms. The third kappa shape index (κ3) is 3.31. The molecule has 134 valence electrons. The molecule has 6 nitrogen and oxygen atoms in total. The van der Waals surface area contributed by atoms with Gasteiger partial charge in [0.1, 0.15) is 22.6 Å². The molecule has 4 rings (SSSR count). The van der Waals surface area contributed by atoms with E-state index < -0.39 is 4.92 Å². The zero-order valence-electron chi connectivity index (χ0n) is 13.9. The molecule has 0 unspecified atom stereocenters. The van der Waals surface area contributed by atoms with E-state index in [0.29, 0.717) is 27.1 Å². The van der Waals surface area contributed by atoms with E-state index in [2.05, 4.69) is 27.0 Å². The second-order valence-electron chi connectivity index (χ2n) is 6.03. The van der Waals surface area contributed by atoms with Crippen LogP contribution in [-0.4, -0.2) is 11.1 Å². The minimum Gasteiger partial charge on any atom is -0.455 e. The van der Waals surface area contributed by atoms with Gasteiger partial charge in [0, 0.05) is 27.0 Å². The van der Waals surface area contributed by atoms with Crippen molar-refractivity contribution >= 4 is 44.2 Å². The van der Waals surface area contributed by atoms with Crippen molar-refractivity contribution in [1.82, 2.24) is 0 Å². The van der Waals surface area contributed by atoms with Crippen LogP contribution in [0.25, 0.3) is 11.3 Å². The number of non-ortho nitro benzene ring substituents is 1. The molecule has 0 fully saturated rings. The van der Waals surface area contributed by atoms with Crippen molar-refractivity contribution in [3.63, 3.8) is 0 Å². The minimum atomic E-state index is -0.445. The fourth-order valence-corrected chi connectivity index (χ4v) is 4.85. The summed E-state index contributed by atoms with van der Waals surface area (Å²) in [4.78, 5) is 16.1. The summed E-state index contributed by atoms with van der Waals surface area (Å²) >= 11 is 4.92. The largest absolute Gasteiger partial charge is 0.455 e. The molecule has 1 aliphatic rings. The molecule has 0 saturated carbocycles. The average molecular weight is 442 g/mol. The number of rotatable bonds is 4. The lowest BCUT2D eigenvalue weighted by atomic mass is 10.1. The quantitative estimate of drug-likeness (QED) is 0.290. The predicted molar refractivity (Wildman–Crippen MR) is 107 cm³/mol. The van der Waals surface area contributed by atoms with Crippen molar-refractivity contribution in [2.24, 2.45) is 4.99 Å². The van der Waals surface area contributed by atoms with Crippen molar-refractivity contribution in [2.75, 3.05) is 0 Å². The van der Waals surface area contributed by atoms with Crippen LogP contribution >= 0.6 is 27.3 Å². The van der Waals surface area contributed by atoms with Gasteiger partial charge in [-0.3, -0.25) is 10.1 Å². The van der Waals surface area contributed by atoms with Crippen molar-refractivity contribution < 1.29 is 9.34 Å². The van der Waals surface area contributed by atoms with Crippen LogP contribution in [0.2, 0.25) is 0 Å². The number of furan rings is 1. The Kier molecular flexibility index (Phi) is 4.64. The zero-order chi connectivity index (χ0) is 19.0. The SMILES string of the molecule is N#Cc1c(N=Cc2ccc(-c3ccc([N+](=O)[O-])cc3Br)o2)sc2c1CCC2. The van der Waals surface area contributed by atoms with Crippen molar-refractivity contribution in [1.29, 1.82) is 5.26 Å². The maximum absolute atomic E-state index is 10.9. The number of halogens is 1. The molecule has 27 heavy (non-hydrogen) atoms. The highest BCUT2D eigenvalue weighted by atomic mass is 79.9. The first-order chi connectivity index (χ1) is 13.1. The van der Waals surface area contributed by atoms with E-state index in [4.69, 9.17) is 4.42 Å². The van der Waals surface area contributed by atoms with Gasteiger partial charge in [-0.1, -0.05) is 0 Å². The van der Waals surface area contributed by atoms with Crippen LogP contribution < -0.4 is 0 Å². The smallest absolute Gasteiger partial charge is 0.270 e. The second-order valence-corrected chi connectivity index (χ2v) is 7.97. The summed E-state index contributed by atoms with van der Waals surface area (Å²) in [5.74, 6) is 1.13. The topological polar surface area (TPSA) is 92.4 Å². The number of aryl methyl sites for hydroxylation is 1. The molecule has 0 bridgehead atoms. The summed E-state index contributed by atoms with van der Waals surface area (Å²) in [7, 11) is 0. The summed E-state index contributed by atoms with van der Waals surface area (Å²) in [6.07, 6.45) is 4.67. The first-order valence-electron chi connectivity index (χ1n) is 8.19. The summed E-state index contributed by atoms with van der Waals surface area (Å²) in [6.45, 7) is 0. The Morgan fingerprint density at radius 2 is 2.19 bits per heavy atom. The number of nitro groups is 1. The van der Waals surface area contributed by atoms with E-state index in [0.717, 1.165) is 29.8 Å². The van der Waals surface area contributed by atoms with Crippen LogP contribution in [0.15, 0.2) is 44.2 Å². The molecule has 3 aromatic rings. The second kappa shape index (κ2) is 7.10. The molecule has 1 aliphatic carbocycles. The van der Waals surface area contributed by atoms with Crippen molar-refractivity contribution in [3.8, 4) is 17.4 Å². The van der Waals surface area contributed by atoms with E-state index >= 15 is 0 Å². The van der Waals surface area contributed by atoms with E-state index in [1.807, 2.05) is 0 Å². The van der Waals surface area contributed by atoms with Gasteiger partial charge in [0.05, 0.1) is 16.7 Å². The van der Waals surface area contributed by atoms with Gasteiger partial charge in [-0.05, 0) is 59.0 Å². The Morgan fingerprint density at radius 3 is 2.93 bits per heavy atom. The molecule has 0 atom stereocenters. The standard InChI is InChI=1S/C19H12BrN3O3S/c20-16-8-11(23(24)25)4-6-14(16)17-7-5-12(26-17)10-22-19-15(9-21)13-2-1-3-18(13)27-19/h4-8,10H,1-3H2. The number of nitro benzene ring substituents is 1. The first kappa shape index (κ1) is 17.6. The van der Waals surface area contributed by atoms with Crippen LogP contribution in [0, 0.1) is 21.4 Å². The van der Waals surface area contributed by atoms with E-state index in [1.54, 1.807) is 35.8 Å². The van der Waals surface area contributed by atoms with Gasteiger partial charge in [-0.15, -0.1) is 11.3 Å². The Morgan fingerprint density at radius 1 is 1.33 bits per heavy atom. The highest BCUT2D eigenvalue weighted by Crippen LogP contribution is 2.40. The van der Waals surface area contributed by atoms with Gasteiger partial charge in [0.2, 0.25) is 0 Å². The number of benzene rings is 1.